The molecular formula is C27H26BrN7O4. The Morgan fingerprint density at radius 3 is 2.62 bits per heavy atom. The van der Waals surface area contributed by atoms with Gasteiger partial charge in [-0.1, -0.05) is 12.1 Å². The molecule has 1 unspecified atom stereocenters. The number of likely N-dealkylation sites (tertiary alicyclic amines) is 1. The molecule has 5 rings (SSSR count). The molecule has 1 fully saturated rings. The number of nitrogens with zero attached hydrogens (tertiary/aromatic N) is 6. The zero-order valence-corrected chi connectivity index (χ0v) is 23.2. The van der Waals surface area contributed by atoms with Crippen molar-refractivity contribution in [2.24, 2.45) is 0 Å². The number of hydrogen-bond donors (Lipinski definition) is 1. The topological polar surface area (TPSA) is 132 Å². The summed E-state index contributed by atoms with van der Waals surface area (Å²) in [6, 6.07) is 8.81. The van der Waals surface area contributed by atoms with Crippen LogP contribution < -0.4 is 10.1 Å². The van der Waals surface area contributed by atoms with E-state index in [1.165, 1.54) is 18.7 Å². The number of nitrogens with one attached hydrogen (secondary N) is 1. The molecule has 200 valence electrons. The number of Topliss-reactive ketones (excluding diaryl/α,β-unsaturated/α-hetero) is 1. The third-order valence-corrected chi connectivity index (χ3v) is 7.14. The maximum atomic E-state index is 13.4. The van der Waals surface area contributed by atoms with Crippen LogP contribution in [-0.2, 0) is 16.1 Å². The number of ketones is 1. The van der Waals surface area contributed by atoms with Crippen LogP contribution in [0.15, 0.2) is 47.3 Å². The number of hydrogen-bond acceptors (Lipinski definition) is 8. The van der Waals surface area contributed by atoms with Crippen LogP contribution in [0.2, 0.25) is 0 Å². The summed E-state index contributed by atoms with van der Waals surface area (Å²) in [6.07, 6.45) is 4.53. The van der Waals surface area contributed by atoms with Gasteiger partial charge < -0.3 is 15.0 Å². The SMILES string of the molecule is COc1ncc(-c2ccc3c(c2)c(C(C)=O)nn3CC(=O)N2CCCC2C(=O)Nc2nc(Br)ccc2C)cn1. The normalized spacial score (nSPS) is 15.0. The predicted octanol–water partition coefficient (Wildman–Crippen LogP) is 3.80. The van der Waals surface area contributed by atoms with Crippen molar-refractivity contribution in [3.05, 3.63) is 58.6 Å². The van der Waals surface area contributed by atoms with E-state index in [9.17, 15) is 14.4 Å². The van der Waals surface area contributed by atoms with E-state index < -0.39 is 6.04 Å². The lowest BCUT2D eigenvalue weighted by molar-refractivity contribution is -0.137. The number of halogens is 1. The highest BCUT2D eigenvalue weighted by Crippen LogP contribution is 2.28. The maximum Gasteiger partial charge on any atom is 0.316 e. The Morgan fingerprint density at radius 2 is 1.90 bits per heavy atom. The maximum absolute atomic E-state index is 13.4. The molecule has 39 heavy (non-hydrogen) atoms. The van der Waals surface area contributed by atoms with Crippen molar-refractivity contribution >= 4 is 50.2 Å². The smallest absolute Gasteiger partial charge is 0.316 e. The van der Waals surface area contributed by atoms with E-state index in [1.54, 1.807) is 23.4 Å². The van der Waals surface area contributed by atoms with Crippen LogP contribution in [0.1, 0.15) is 35.8 Å². The number of fused-ring (bicyclic) bond motifs is 1. The van der Waals surface area contributed by atoms with Crippen molar-refractivity contribution in [1.82, 2.24) is 29.6 Å². The van der Waals surface area contributed by atoms with Gasteiger partial charge in [0.2, 0.25) is 11.8 Å². The molecule has 0 bridgehead atoms. The molecule has 12 heteroatoms. The van der Waals surface area contributed by atoms with E-state index >= 15 is 0 Å². The van der Waals surface area contributed by atoms with Crippen molar-refractivity contribution in [1.29, 1.82) is 0 Å². The van der Waals surface area contributed by atoms with Gasteiger partial charge in [-0.25, -0.2) is 15.0 Å². The summed E-state index contributed by atoms with van der Waals surface area (Å²) < 4.78 is 7.16. The van der Waals surface area contributed by atoms with Crippen molar-refractivity contribution < 1.29 is 19.1 Å². The Bertz CT molecular complexity index is 1590. The van der Waals surface area contributed by atoms with Crippen molar-refractivity contribution in [2.45, 2.75) is 39.3 Å². The van der Waals surface area contributed by atoms with E-state index in [2.05, 4.69) is 41.3 Å². The number of rotatable bonds is 7. The average molecular weight is 592 g/mol. The van der Waals surface area contributed by atoms with Crippen LogP contribution >= 0.6 is 15.9 Å². The minimum absolute atomic E-state index is 0.104. The van der Waals surface area contributed by atoms with E-state index in [1.807, 2.05) is 31.2 Å². The van der Waals surface area contributed by atoms with Crippen LogP contribution in [0.5, 0.6) is 6.01 Å². The number of benzene rings is 1. The van der Waals surface area contributed by atoms with Gasteiger partial charge in [0.15, 0.2) is 5.78 Å². The summed E-state index contributed by atoms with van der Waals surface area (Å²) in [4.78, 5) is 53.2. The predicted molar refractivity (Wildman–Crippen MR) is 147 cm³/mol. The molecule has 0 saturated carbocycles. The Morgan fingerprint density at radius 1 is 1.13 bits per heavy atom. The number of anilines is 1. The van der Waals surface area contributed by atoms with Crippen molar-refractivity contribution in [2.75, 3.05) is 19.0 Å². The third-order valence-electron chi connectivity index (χ3n) is 6.69. The number of carbonyl (C=O) groups excluding carboxylic acids is 3. The molecule has 0 aliphatic carbocycles. The molecule has 1 aliphatic rings. The van der Waals surface area contributed by atoms with Gasteiger partial charge in [0.05, 0.1) is 12.6 Å². The van der Waals surface area contributed by atoms with Crippen LogP contribution in [-0.4, -0.2) is 66.9 Å². The number of pyridine rings is 1. The molecule has 2 amide bonds. The number of carbonyl (C=O) groups is 3. The average Bonchev–Trinajstić information content (AvgIpc) is 3.56. The number of aryl methyl sites for hydroxylation is 1. The Balaban J connectivity index is 1.39. The minimum Gasteiger partial charge on any atom is -0.467 e. The quantitative estimate of drug-likeness (QED) is 0.253. The summed E-state index contributed by atoms with van der Waals surface area (Å²) in [7, 11) is 1.49. The van der Waals surface area contributed by atoms with Gasteiger partial charge in [0.25, 0.3) is 0 Å². The monoisotopic (exact) mass is 591 g/mol. The first kappa shape index (κ1) is 26.4. The van der Waals surface area contributed by atoms with Crippen LogP contribution in [0.4, 0.5) is 5.82 Å². The molecule has 1 N–H and O–H groups in total. The zero-order valence-electron chi connectivity index (χ0n) is 21.6. The summed E-state index contributed by atoms with van der Waals surface area (Å²) in [6.45, 7) is 3.65. The summed E-state index contributed by atoms with van der Waals surface area (Å²) in [5.74, 6) is -0.296. The summed E-state index contributed by atoms with van der Waals surface area (Å²) in [5.41, 5.74) is 3.27. The van der Waals surface area contributed by atoms with Gasteiger partial charge in [-0.3, -0.25) is 19.1 Å². The van der Waals surface area contributed by atoms with Gasteiger partial charge in [-0.05, 0) is 65.0 Å². The second-order valence-electron chi connectivity index (χ2n) is 9.29. The number of ether oxygens (including phenoxy) is 1. The third kappa shape index (κ3) is 5.37. The van der Waals surface area contributed by atoms with E-state index in [4.69, 9.17) is 4.74 Å². The van der Waals surface area contributed by atoms with E-state index in [0.29, 0.717) is 40.7 Å². The van der Waals surface area contributed by atoms with Gasteiger partial charge >= 0.3 is 6.01 Å². The molecule has 0 radical (unpaired) electrons. The summed E-state index contributed by atoms with van der Waals surface area (Å²) in [5, 5.41) is 7.96. The fraction of sp³-hybridized carbons (Fsp3) is 0.296. The van der Waals surface area contributed by atoms with Crippen molar-refractivity contribution in [3.63, 3.8) is 0 Å². The molecule has 11 nitrogen and oxygen atoms in total. The lowest BCUT2D eigenvalue weighted by Gasteiger charge is -2.24. The van der Waals surface area contributed by atoms with E-state index in [-0.39, 0.29) is 35.8 Å². The van der Waals surface area contributed by atoms with Gasteiger partial charge in [-0.15, -0.1) is 0 Å². The van der Waals surface area contributed by atoms with Gasteiger partial charge in [0.1, 0.15) is 28.7 Å². The minimum atomic E-state index is -0.617. The highest BCUT2D eigenvalue weighted by atomic mass is 79.9. The molecule has 3 aromatic heterocycles. The standard InChI is InChI=1S/C27H26BrN7O4/c1-15-6-9-22(28)31-25(15)32-26(38)21-5-4-10-34(21)23(37)14-35-20-8-7-17(11-19(20)24(33-35)16(2)36)18-12-29-27(39-3)30-13-18/h6-9,11-13,21H,4-5,10,14H2,1-3H3,(H,31,32,38). The first-order valence-corrected chi connectivity index (χ1v) is 13.2. The zero-order chi connectivity index (χ0) is 27.7. The number of aromatic nitrogens is 5. The Labute approximate surface area is 232 Å². The second kappa shape index (κ2) is 10.9. The highest BCUT2D eigenvalue weighted by molar-refractivity contribution is 9.10. The van der Waals surface area contributed by atoms with Crippen LogP contribution in [0.25, 0.3) is 22.0 Å². The molecule has 0 spiro atoms. The first-order chi connectivity index (χ1) is 18.7. The highest BCUT2D eigenvalue weighted by Gasteiger charge is 2.35. The first-order valence-electron chi connectivity index (χ1n) is 12.4. The molecular weight excluding hydrogens is 566 g/mol. The molecule has 1 saturated heterocycles. The fourth-order valence-electron chi connectivity index (χ4n) is 4.70. The second-order valence-corrected chi connectivity index (χ2v) is 10.1. The fourth-order valence-corrected chi connectivity index (χ4v) is 5.01. The van der Waals surface area contributed by atoms with Crippen molar-refractivity contribution in [3.8, 4) is 17.1 Å². The summed E-state index contributed by atoms with van der Waals surface area (Å²) >= 11 is 3.33. The lowest BCUT2D eigenvalue weighted by atomic mass is 10.0. The number of amides is 2. The Kier molecular flexibility index (Phi) is 7.38. The number of methoxy groups -OCH3 is 1. The molecule has 1 aliphatic heterocycles. The largest absolute Gasteiger partial charge is 0.467 e. The van der Waals surface area contributed by atoms with E-state index in [0.717, 1.165) is 16.7 Å². The molecule has 4 aromatic rings. The van der Waals surface area contributed by atoms with Gasteiger partial charge in [-0.2, -0.15) is 5.10 Å². The van der Waals surface area contributed by atoms with Gasteiger partial charge in [0, 0.05) is 36.8 Å². The Hall–Kier alpha value is -4.19. The van der Waals surface area contributed by atoms with Crippen LogP contribution in [0, 0.1) is 6.92 Å². The molecule has 4 heterocycles. The van der Waals surface area contributed by atoms with Crippen LogP contribution in [0.3, 0.4) is 0 Å². The molecule has 1 aromatic carbocycles. The lowest BCUT2D eigenvalue weighted by Crippen LogP contribution is -2.44. The molecule has 1 atom stereocenters.